The molecule has 0 bridgehead atoms. The molecule has 1 N–H and O–H groups in total. The standard InChI is InChI=1S/C12H20N4S/c1-2-6-16-11(5-1)14-15-12(16)8-13-10-4-3-7-17-9-10/h10,13H,1-9H2. The molecule has 1 atom stereocenters. The largest absolute Gasteiger partial charge is 0.314 e. The first-order valence-corrected chi connectivity index (χ1v) is 7.81. The molecule has 1 aromatic rings. The monoisotopic (exact) mass is 252 g/mol. The second-order valence-electron chi connectivity index (χ2n) is 4.94. The Kier molecular flexibility index (Phi) is 3.66. The quantitative estimate of drug-likeness (QED) is 0.887. The highest BCUT2D eigenvalue weighted by Gasteiger charge is 2.17. The molecule has 0 amide bonds. The zero-order valence-electron chi connectivity index (χ0n) is 10.2. The summed E-state index contributed by atoms with van der Waals surface area (Å²) in [5, 5.41) is 12.2. The molecule has 1 saturated heterocycles. The molecule has 2 aliphatic rings. The van der Waals surface area contributed by atoms with E-state index in [9.17, 15) is 0 Å². The smallest absolute Gasteiger partial charge is 0.147 e. The summed E-state index contributed by atoms with van der Waals surface area (Å²) < 4.78 is 2.31. The van der Waals surface area contributed by atoms with Crippen LogP contribution in [0.2, 0.25) is 0 Å². The molecule has 1 unspecified atom stereocenters. The average molecular weight is 252 g/mol. The molecule has 0 aliphatic carbocycles. The van der Waals surface area contributed by atoms with Crippen molar-refractivity contribution in [3.63, 3.8) is 0 Å². The fourth-order valence-electron chi connectivity index (χ4n) is 2.64. The van der Waals surface area contributed by atoms with Gasteiger partial charge in [0, 0.05) is 24.8 Å². The minimum atomic E-state index is 0.672. The Morgan fingerprint density at radius 2 is 2.29 bits per heavy atom. The Bertz CT molecular complexity index is 371. The fourth-order valence-corrected chi connectivity index (χ4v) is 3.74. The van der Waals surface area contributed by atoms with Crippen LogP contribution >= 0.6 is 11.8 Å². The lowest BCUT2D eigenvalue weighted by molar-refractivity contribution is 0.465. The number of fused-ring (bicyclic) bond motifs is 1. The average Bonchev–Trinajstić information content (AvgIpc) is 2.81. The molecule has 3 heterocycles. The fraction of sp³-hybridized carbons (Fsp3) is 0.833. The van der Waals surface area contributed by atoms with Gasteiger partial charge in [-0.05, 0) is 31.4 Å². The Labute approximate surface area is 107 Å². The molecule has 17 heavy (non-hydrogen) atoms. The van der Waals surface area contributed by atoms with Gasteiger partial charge in [0.05, 0.1) is 6.54 Å². The molecule has 0 saturated carbocycles. The van der Waals surface area contributed by atoms with E-state index in [1.54, 1.807) is 0 Å². The summed E-state index contributed by atoms with van der Waals surface area (Å²) in [6, 6.07) is 0.672. The molecule has 1 fully saturated rings. The van der Waals surface area contributed by atoms with Crippen molar-refractivity contribution in [3.05, 3.63) is 11.6 Å². The number of hydrogen-bond donors (Lipinski definition) is 1. The number of rotatable bonds is 3. The van der Waals surface area contributed by atoms with E-state index >= 15 is 0 Å². The zero-order chi connectivity index (χ0) is 11.5. The summed E-state index contributed by atoms with van der Waals surface area (Å²) in [5.41, 5.74) is 0. The number of aryl methyl sites for hydroxylation is 1. The molecule has 3 rings (SSSR count). The normalized spacial score (nSPS) is 24.6. The van der Waals surface area contributed by atoms with E-state index in [4.69, 9.17) is 0 Å². The summed E-state index contributed by atoms with van der Waals surface area (Å²) in [6.07, 6.45) is 6.31. The van der Waals surface area contributed by atoms with E-state index in [1.165, 1.54) is 43.0 Å². The van der Waals surface area contributed by atoms with E-state index in [-0.39, 0.29) is 0 Å². The molecular weight excluding hydrogens is 232 g/mol. The number of thioether (sulfide) groups is 1. The van der Waals surface area contributed by atoms with Gasteiger partial charge in [-0.1, -0.05) is 0 Å². The zero-order valence-corrected chi connectivity index (χ0v) is 11.0. The first-order chi connectivity index (χ1) is 8.43. The van der Waals surface area contributed by atoms with Gasteiger partial charge in [0.1, 0.15) is 11.6 Å². The second kappa shape index (κ2) is 5.40. The van der Waals surface area contributed by atoms with Crippen molar-refractivity contribution in [1.29, 1.82) is 0 Å². The Morgan fingerprint density at radius 3 is 3.18 bits per heavy atom. The SMILES string of the molecule is C1CCn2c(nnc2CNC2CCCSC2)C1. The van der Waals surface area contributed by atoms with Gasteiger partial charge in [0.15, 0.2) is 0 Å². The Hall–Kier alpha value is -0.550. The summed E-state index contributed by atoms with van der Waals surface area (Å²) in [5.74, 6) is 4.90. The number of nitrogens with zero attached hydrogens (tertiary/aromatic N) is 3. The van der Waals surface area contributed by atoms with Crippen molar-refractivity contribution in [2.45, 2.75) is 51.2 Å². The van der Waals surface area contributed by atoms with Crippen LogP contribution < -0.4 is 5.32 Å². The van der Waals surface area contributed by atoms with E-state index in [0.717, 1.165) is 25.3 Å². The lowest BCUT2D eigenvalue weighted by Gasteiger charge is -2.22. The Morgan fingerprint density at radius 1 is 1.29 bits per heavy atom. The highest BCUT2D eigenvalue weighted by molar-refractivity contribution is 7.99. The number of aromatic nitrogens is 3. The van der Waals surface area contributed by atoms with Crippen molar-refractivity contribution >= 4 is 11.8 Å². The summed E-state index contributed by atoms with van der Waals surface area (Å²) >= 11 is 2.06. The first-order valence-electron chi connectivity index (χ1n) is 6.65. The number of hydrogen-bond acceptors (Lipinski definition) is 4. The molecule has 0 spiro atoms. The first kappa shape index (κ1) is 11.5. The van der Waals surface area contributed by atoms with Crippen LogP contribution in [0.4, 0.5) is 0 Å². The predicted octanol–water partition coefficient (Wildman–Crippen LogP) is 1.60. The van der Waals surface area contributed by atoms with Gasteiger partial charge >= 0.3 is 0 Å². The minimum Gasteiger partial charge on any atom is -0.314 e. The van der Waals surface area contributed by atoms with Gasteiger partial charge in [-0.25, -0.2) is 0 Å². The van der Waals surface area contributed by atoms with Gasteiger partial charge in [-0.2, -0.15) is 11.8 Å². The van der Waals surface area contributed by atoms with E-state index in [2.05, 4.69) is 31.8 Å². The maximum absolute atomic E-state index is 4.33. The topological polar surface area (TPSA) is 42.7 Å². The van der Waals surface area contributed by atoms with Crippen molar-refractivity contribution in [2.75, 3.05) is 11.5 Å². The van der Waals surface area contributed by atoms with E-state index in [1.807, 2.05) is 0 Å². The second-order valence-corrected chi connectivity index (χ2v) is 6.09. The van der Waals surface area contributed by atoms with Gasteiger partial charge in [-0.3, -0.25) is 0 Å². The molecule has 0 aromatic carbocycles. The highest BCUT2D eigenvalue weighted by Crippen LogP contribution is 2.18. The third kappa shape index (κ3) is 2.65. The van der Waals surface area contributed by atoms with Crippen molar-refractivity contribution in [2.24, 2.45) is 0 Å². The summed E-state index contributed by atoms with van der Waals surface area (Å²) in [4.78, 5) is 0. The molecule has 2 aliphatic heterocycles. The van der Waals surface area contributed by atoms with Crippen LogP contribution in [0.15, 0.2) is 0 Å². The van der Waals surface area contributed by atoms with E-state index < -0.39 is 0 Å². The molecule has 94 valence electrons. The highest BCUT2D eigenvalue weighted by atomic mass is 32.2. The van der Waals surface area contributed by atoms with Crippen LogP contribution in [0.25, 0.3) is 0 Å². The maximum atomic E-state index is 4.33. The van der Waals surface area contributed by atoms with Crippen LogP contribution in [0.5, 0.6) is 0 Å². The number of nitrogens with one attached hydrogen (secondary N) is 1. The molecule has 5 heteroatoms. The van der Waals surface area contributed by atoms with Crippen LogP contribution in [-0.4, -0.2) is 32.3 Å². The van der Waals surface area contributed by atoms with Crippen molar-refractivity contribution in [3.8, 4) is 0 Å². The third-order valence-corrected chi connectivity index (χ3v) is 4.86. The van der Waals surface area contributed by atoms with Crippen molar-refractivity contribution < 1.29 is 0 Å². The van der Waals surface area contributed by atoms with Crippen LogP contribution in [0.3, 0.4) is 0 Å². The molecule has 1 aromatic heterocycles. The molecule has 4 nitrogen and oxygen atoms in total. The van der Waals surface area contributed by atoms with Crippen LogP contribution in [0.1, 0.15) is 37.3 Å². The maximum Gasteiger partial charge on any atom is 0.147 e. The van der Waals surface area contributed by atoms with Gasteiger partial charge in [0.2, 0.25) is 0 Å². The molecule has 0 radical (unpaired) electrons. The lowest BCUT2D eigenvalue weighted by atomic mass is 10.1. The van der Waals surface area contributed by atoms with E-state index in [0.29, 0.717) is 6.04 Å². The van der Waals surface area contributed by atoms with Crippen LogP contribution in [-0.2, 0) is 19.5 Å². The molecular formula is C12H20N4S. The van der Waals surface area contributed by atoms with Crippen molar-refractivity contribution in [1.82, 2.24) is 20.1 Å². The van der Waals surface area contributed by atoms with Gasteiger partial charge < -0.3 is 9.88 Å². The summed E-state index contributed by atoms with van der Waals surface area (Å²) in [6.45, 7) is 2.00. The van der Waals surface area contributed by atoms with Gasteiger partial charge in [0.25, 0.3) is 0 Å². The minimum absolute atomic E-state index is 0.672. The van der Waals surface area contributed by atoms with Gasteiger partial charge in [-0.15, -0.1) is 10.2 Å². The predicted molar refractivity (Wildman–Crippen MR) is 70.1 cm³/mol. The lowest BCUT2D eigenvalue weighted by Crippen LogP contribution is -2.34. The Balaban J connectivity index is 1.59. The third-order valence-electron chi connectivity index (χ3n) is 3.65. The summed E-state index contributed by atoms with van der Waals surface area (Å²) in [7, 11) is 0. The van der Waals surface area contributed by atoms with Crippen LogP contribution in [0, 0.1) is 0 Å².